The van der Waals surface area contributed by atoms with Crippen LogP contribution in [0, 0.1) is 0 Å². The van der Waals surface area contributed by atoms with E-state index in [1.807, 2.05) is 0 Å². The molecular weight excluding hydrogens is 248 g/mol. The highest BCUT2D eigenvalue weighted by Gasteiger charge is 2.25. The molecule has 0 aromatic heterocycles. The predicted octanol–water partition coefficient (Wildman–Crippen LogP) is 1.72. The number of likely N-dealkylation sites (tertiary alicyclic amines) is 1. The van der Waals surface area contributed by atoms with E-state index in [1.54, 1.807) is 0 Å². The Hall–Kier alpha value is -1.55. The number of nitrogens with one attached hydrogen (secondary N) is 1. The highest BCUT2D eigenvalue weighted by Crippen LogP contribution is 2.21. The summed E-state index contributed by atoms with van der Waals surface area (Å²) in [7, 11) is 0. The Bertz CT molecular complexity index is 453. The van der Waals surface area contributed by atoms with Gasteiger partial charge in [0.1, 0.15) is 0 Å². The van der Waals surface area contributed by atoms with Gasteiger partial charge in [-0.05, 0) is 37.8 Å². The molecule has 4 nitrogen and oxygen atoms in total. The van der Waals surface area contributed by atoms with Gasteiger partial charge >= 0.3 is 0 Å². The Morgan fingerprint density at radius 3 is 2.80 bits per heavy atom. The largest absolute Gasteiger partial charge is 0.370 e. The van der Waals surface area contributed by atoms with Crippen molar-refractivity contribution in [1.82, 2.24) is 10.2 Å². The van der Waals surface area contributed by atoms with Crippen molar-refractivity contribution in [3.63, 3.8) is 0 Å². The third-order valence-corrected chi connectivity index (χ3v) is 4.13. The van der Waals surface area contributed by atoms with Gasteiger partial charge in [-0.25, -0.2) is 0 Å². The highest BCUT2D eigenvalue weighted by molar-refractivity contribution is 5.78. The first-order valence-electron chi connectivity index (χ1n) is 7.66. The summed E-state index contributed by atoms with van der Waals surface area (Å²) in [5.41, 5.74) is 7.29. The van der Waals surface area contributed by atoms with E-state index in [1.165, 1.54) is 37.8 Å². The van der Waals surface area contributed by atoms with E-state index in [0.29, 0.717) is 18.0 Å². The van der Waals surface area contributed by atoms with Crippen LogP contribution in [0.1, 0.15) is 31.2 Å². The first-order chi connectivity index (χ1) is 9.81. The Kier molecular flexibility index (Phi) is 4.21. The first-order valence-corrected chi connectivity index (χ1v) is 7.66. The van der Waals surface area contributed by atoms with Gasteiger partial charge in [0.2, 0.25) is 0 Å². The van der Waals surface area contributed by atoms with Crippen molar-refractivity contribution in [2.45, 2.75) is 44.3 Å². The van der Waals surface area contributed by atoms with Gasteiger partial charge in [0.25, 0.3) is 0 Å². The van der Waals surface area contributed by atoms with Crippen molar-refractivity contribution >= 4 is 5.96 Å². The van der Waals surface area contributed by atoms with Crippen molar-refractivity contribution in [1.29, 1.82) is 0 Å². The minimum atomic E-state index is 0.537. The lowest BCUT2D eigenvalue weighted by Crippen LogP contribution is -2.36. The fourth-order valence-electron chi connectivity index (χ4n) is 2.81. The average molecular weight is 272 g/mol. The van der Waals surface area contributed by atoms with Crippen LogP contribution in [0.5, 0.6) is 0 Å². The molecule has 0 bridgehead atoms. The molecule has 2 aliphatic rings. The topological polar surface area (TPSA) is 53.6 Å². The second-order valence-corrected chi connectivity index (χ2v) is 5.90. The van der Waals surface area contributed by atoms with Crippen molar-refractivity contribution in [2.24, 2.45) is 10.7 Å². The Balaban J connectivity index is 1.52. The summed E-state index contributed by atoms with van der Waals surface area (Å²) in [6, 6.07) is 11.8. The molecule has 1 saturated carbocycles. The van der Waals surface area contributed by atoms with Gasteiger partial charge in [-0.15, -0.1) is 0 Å². The van der Waals surface area contributed by atoms with Crippen molar-refractivity contribution in [3.05, 3.63) is 35.9 Å². The normalized spacial score (nSPS) is 24.0. The fraction of sp³-hybridized carbons (Fsp3) is 0.562. The molecule has 1 aliphatic heterocycles. The summed E-state index contributed by atoms with van der Waals surface area (Å²) >= 11 is 0. The Morgan fingerprint density at radius 1 is 1.25 bits per heavy atom. The van der Waals surface area contributed by atoms with E-state index in [-0.39, 0.29) is 0 Å². The molecule has 0 amide bonds. The molecule has 108 valence electrons. The quantitative estimate of drug-likeness (QED) is 0.634. The minimum absolute atomic E-state index is 0.537. The monoisotopic (exact) mass is 272 g/mol. The zero-order valence-corrected chi connectivity index (χ0v) is 12.0. The van der Waals surface area contributed by atoms with E-state index in [0.717, 1.165) is 13.1 Å². The summed E-state index contributed by atoms with van der Waals surface area (Å²) in [6.45, 7) is 3.01. The molecule has 1 aromatic carbocycles. The SMILES string of the molecule is NC(=NCC1CCCN1Cc1ccccc1)NC1CC1. The maximum Gasteiger partial charge on any atom is 0.188 e. The smallest absolute Gasteiger partial charge is 0.188 e. The number of rotatable bonds is 5. The number of aliphatic imine (C=N–C) groups is 1. The van der Waals surface area contributed by atoms with E-state index >= 15 is 0 Å². The number of benzene rings is 1. The molecule has 0 radical (unpaired) electrons. The van der Waals surface area contributed by atoms with Crippen molar-refractivity contribution < 1.29 is 0 Å². The van der Waals surface area contributed by atoms with Gasteiger partial charge in [-0.1, -0.05) is 30.3 Å². The van der Waals surface area contributed by atoms with Gasteiger partial charge in [0.05, 0.1) is 6.54 Å². The van der Waals surface area contributed by atoms with E-state index in [2.05, 4.69) is 45.5 Å². The van der Waals surface area contributed by atoms with Crippen LogP contribution in [0.15, 0.2) is 35.3 Å². The molecule has 1 aliphatic carbocycles. The van der Waals surface area contributed by atoms with Crippen LogP contribution < -0.4 is 11.1 Å². The van der Waals surface area contributed by atoms with Crippen LogP contribution in [0.25, 0.3) is 0 Å². The number of guanidine groups is 1. The van der Waals surface area contributed by atoms with Crippen LogP contribution in [-0.2, 0) is 6.54 Å². The van der Waals surface area contributed by atoms with E-state index < -0.39 is 0 Å². The average Bonchev–Trinajstić information content (AvgIpc) is 3.16. The third-order valence-electron chi connectivity index (χ3n) is 4.13. The summed E-state index contributed by atoms with van der Waals surface area (Å²) < 4.78 is 0. The maximum absolute atomic E-state index is 5.91. The summed E-state index contributed by atoms with van der Waals surface area (Å²) in [5, 5.41) is 3.25. The van der Waals surface area contributed by atoms with Gasteiger partial charge in [0, 0.05) is 18.6 Å². The summed E-state index contributed by atoms with van der Waals surface area (Å²) in [5.74, 6) is 0.624. The molecule has 1 heterocycles. The van der Waals surface area contributed by atoms with Crippen LogP contribution in [0.3, 0.4) is 0 Å². The molecule has 1 saturated heterocycles. The lowest BCUT2D eigenvalue weighted by molar-refractivity contribution is 0.250. The van der Waals surface area contributed by atoms with E-state index in [9.17, 15) is 0 Å². The molecule has 3 rings (SSSR count). The summed E-state index contributed by atoms with van der Waals surface area (Å²) in [4.78, 5) is 7.05. The predicted molar refractivity (Wildman–Crippen MR) is 82.5 cm³/mol. The molecule has 20 heavy (non-hydrogen) atoms. The lowest BCUT2D eigenvalue weighted by atomic mass is 10.2. The van der Waals surface area contributed by atoms with Crippen molar-refractivity contribution in [3.8, 4) is 0 Å². The Morgan fingerprint density at radius 2 is 2.05 bits per heavy atom. The highest BCUT2D eigenvalue weighted by atomic mass is 15.2. The van der Waals surface area contributed by atoms with Crippen LogP contribution in [0.2, 0.25) is 0 Å². The van der Waals surface area contributed by atoms with Crippen molar-refractivity contribution in [2.75, 3.05) is 13.1 Å². The molecule has 2 fully saturated rings. The van der Waals surface area contributed by atoms with Gasteiger partial charge < -0.3 is 11.1 Å². The van der Waals surface area contributed by atoms with E-state index in [4.69, 9.17) is 5.73 Å². The van der Waals surface area contributed by atoms with Crippen LogP contribution in [-0.4, -0.2) is 36.0 Å². The molecule has 1 atom stereocenters. The summed E-state index contributed by atoms with van der Waals surface area (Å²) in [6.07, 6.45) is 4.97. The third kappa shape index (κ3) is 3.73. The fourth-order valence-corrected chi connectivity index (χ4v) is 2.81. The zero-order chi connectivity index (χ0) is 13.8. The number of nitrogens with zero attached hydrogens (tertiary/aromatic N) is 2. The molecule has 1 aromatic rings. The lowest BCUT2D eigenvalue weighted by Gasteiger charge is -2.23. The van der Waals surface area contributed by atoms with Crippen LogP contribution in [0.4, 0.5) is 0 Å². The molecule has 0 spiro atoms. The van der Waals surface area contributed by atoms with Crippen LogP contribution >= 0.6 is 0 Å². The number of nitrogens with two attached hydrogens (primary N) is 1. The van der Waals surface area contributed by atoms with Gasteiger partial charge in [-0.3, -0.25) is 9.89 Å². The number of hydrogen-bond acceptors (Lipinski definition) is 2. The minimum Gasteiger partial charge on any atom is -0.370 e. The number of hydrogen-bond donors (Lipinski definition) is 2. The Labute approximate surface area is 121 Å². The second-order valence-electron chi connectivity index (χ2n) is 5.90. The van der Waals surface area contributed by atoms with Gasteiger partial charge in [0.15, 0.2) is 5.96 Å². The molecule has 3 N–H and O–H groups in total. The maximum atomic E-state index is 5.91. The molecular formula is C16H24N4. The van der Waals surface area contributed by atoms with Gasteiger partial charge in [-0.2, -0.15) is 0 Å². The molecule has 4 heteroatoms. The molecule has 1 unspecified atom stereocenters. The standard InChI is InChI=1S/C16H24N4/c17-16(19-14-8-9-14)18-11-15-7-4-10-20(15)12-13-5-2-1-3-6-13/h1-3,5-6,14-15H,4,7-12H2,(H3,17,18,19). The second kappa shape index (κ2) is 6.27. The first kappa shape index (κ1) is 13.4. The zero-order valence-electron chi connectivity index (χ0n) is 12.0.